The number of anilines is 3. The van der Waals surface area contributed by atoms with E-state index in [1.54, 1.807) is 12.1 Å². The molecule has 100 valence electrons. The number of nitrogens with two attached hydrogens (primary N) is 1. The highest BCUT2D eigenvalue weighted by Crippen LogP contribution is 2.24. The second-order valence-electron chi connectivity index (χ2n) is 3.64. The SMILES string of the molecule is COc1ccc(Nc2cc(N)nc(SC)n2)cc1F. The molecule has 0 fully saturated rings. The van der Waals surface area contributed by atoms with Crippen LogP contribution in [0, 0.1) is 5.82 Å². The van der Waals surface area contributed by atoms with Crippen molar-refractivity contribution in [3.63, 3.8) is 0 Å². The molecule has 7 heteroatoms. The summed E-state index contributed by atoms with van der Waals surface area (Å²) < 4.78 is 18.4. The van der Waals surface area contributed by atoms with Crippen LogP contribution >= 0.6 is 11.8 Å². The van der Waals surface area contributed by atoms with Gasteiger partial charge in [-0.05, 0) is 18.4 Å². The van der Waals surface area contributed by atoms with E-state index in [-0.39, 0.29) is 5.75 Å². The number of nitrogens with zero attached hydrogens (tertiary/aromatic N) is 2. The smallest absolute Gasteiger partial charge is 0.191 e. The van der Waals surface area contributed by atoms with E-state index in [9.17, 15) is 4.39 Å². The van der Waals surface area contributed by atoms with Gasteiger partial charge in [0.15, 0.2) is 16.7 Å². The molecule has 0 unspecified atom stereocenters. The molecule has 1 aromatic carbocycles. The zero-order valence-electron chi connectivity index (χ0n) is 10.5. The van der Waals surface area contributed by atoms with Crippen molar-refractivity contribution in [1.82, 2.24) is 9.97 Å². The number of hydrogen-bond acceptors (Lipinski definition) is 6. The predicted octanol–water partition coefficient (Wildman–Crippen LogP) is 2.67. The molecular formula is C12H13FN4OS. The summed E-state index contributed by atoms with van der Waals surface area (Å²) in [6, 6.07) is 6.15. The molecule has 0 radical (unpaired) electrons. The average Bonchev–Trinajstić information content (AvgIpc) is 2.38. The van der Waals surface area contributed by atoms with Gasteiger partial charge in [-0.2, -0.15) is 0 Å². The van der Waals surface area contributed by atoms with Gasteiger partial charge in [-0.3, -0.25) is 0 Å². The highest BCUT2D eigenvalue weighted by atomic mass is 32.2. The quantitative estimate of drug-likeness (QED) is 0.662. The fourth-order valence-electron chi connectivity index (χ4n) is 1.49. The van der Waals surface area contributed by atoms with E-state index in [1.807, 2.05) is 6.26 Å². The minimum atomic E-state index is -0.445. The van der Waals surface area contributed by atoms with Gasteiger partial charge in [-0.15, -0.1) is 0 Å². The van der Waals surface area contributed by atoms with Gasteiger partial charge in [-0.25, -0.2) is 14.4 Å². The van der Waals surface area contributed by atoms with Gasteiger partial charge in [0, 0.05) is 17.8 Å². The van der Waals surface area contributed by atoms with Crippen LogP contribution in [-0.2, 0) is 0 Å². The third-order valence-electron chi connectivity index (χ3n) is 2.33. The molecule has 0 atom stereocenters. The molecule has 0 bridgehead atoms. The van der Waals surface area contributed by atoms with Crippen molar-refractivity contribution >= 4 is 29.1 Å². The highest BCUT2D eigenvalue weighted by Gasteiger charge is 2.06. The first-order valence-electron chi connectivity index (χ1n) is 5.41. The second-order valence-corrected chi connectivity index (χ2v) is 4.41. The lowest BCUT2D eigenvalue weighted by atomic mass is 10.3. The molecule has 1 heterocycles. The number of aromatic nitrogens is 2. The summed E-state index contributed by atoms with van der Waals surface area (Å²) in [4.78, 5) is 8.26. The van der Waals surface area contributed by atoms with Crippen molar-refractivity contribution < 1.29 is 9.13 Å². The Balaban J connectivity index is 2.25. The Morgan fingerprint density at radius 1 is 1.32 bits per heavy atom. The van der Waals surface area contributed by atoms with E-state index in [2.05, 4.69) is 15.3 Å². The van der Waals surface area contributed by atoms with Crippen molar-refractivity contribution in [2.24, 2.45) is 0 Å². The minimum absolute atomic E-state index is 0.192. The summed E-state index contributed by atoms with van der Waals surface area (Å²) >= 11 is 1.38. The van der Waals surface area contributed by atoms with Crippen LogP contribution in [0.25, 0.3) is 0 Å². The summed E-state index contributed by atoms with van der Waals surface area (Å²) in [5.74, 6) is 0.620. The number of ether oxygens (including phenoxy) is 1. The molecule has 0 saturated carbocycles. The molecule has 0 aliphatic rings. The van der Waals surface area contributed by atoms with E-state index in [0.717, 1.165) is 0 Å². The molecule has 3 N–H and O–H groups in total. The van der Waals surface area contributed by atoms with Gasteiger partial charge < -0.3 is 15.8 Å². The van der Waals surface area contributed by atoms with E-state index >= 15 is 0 Å². The number of thioether (sulfide) groups is 1. The molecule has 2 rings (SSSR count). The van der Waals surface area contributed by atoms with Crippen LogP contribution in [0.4, 0.5) is 21.7 Å². The van der Waals surface area contributed by atoms with Gasteiger partial charge in [-0.1, -0.05) is 11.8 Å². The fourth-order valence-corrected chi connectivity index (χ4v) is 1.88. The van der Waals surface area contributed by atoms with Crippen LogP contribution in [-0.4, -0.2) is 23.3 Å². The van der Waals surface area contributed by atoms with E-state index in [1.165, 1.54) is 31.0 Å². The van der Waals surface area contributed by atoms with Gasteiger partial charge >= 0.3 is 0 Å². The number of nitrogen functional groups attached to an aromatic ring is 1. The third kappa shape index (κ3) is 3.25. The van der Waals surface area contributed by atoms with Gasteiger partial charge in [0.25, 0.3) is 0 Å². The number of methoxy groups -OCH3 is 1. The molecule has 5 nitrogen and oxygen atoms in total. The first-order valence-corrected chi connectivity index (χ1v) is 6.64. The summed E-state index contributed by atoms with van der Waals surface area (Å²) in [5, 5.41) is 3.52. The normalized spacial score (nSPS) is 10.3. The Kier molecular flexibility index (Phi) is 4.06. The van der Waals surface area contributed by atoms with Crippen molar-refractivity contribution in [3.8, 4) is 5.75 Å². The topological polar surface area (TPSA) is 73.1 Å². The van der Waals surface area contributed by atoms with Gasteiger partial charge in [0.05, 0.1) is 7.11 Å². The van der Waals surface area contributed by atoms with Gasteiger partial charge in [0.1, 0.15) is 11.6 Å². The molecule has 1 aromatic heterocycles. The maximum atomic E-state index is 13.6. The lowest BCUT2D eigenvalue weighted by Crippen LogP contribution is -2.00. The maximum absolute atomic E-state index is 13.6. The number of benzene rings is 1. The first-order chi connectivity index (χ1) is 9.12. The van der Waals surface area contributed by atoms with E-state index in [0.29, 0.717) is 22.5 Å². The molecular weight excluding hydrogens is 267 g/mol. The van der Waals surface area contributed by atoms with Crippen LogP contribution in [0.5, 0.6) is 5.75 Å². The molecule has 0 spiro atoms. The molecule has 2 aromatic rings. The molecule has 0 aliphatic carbocycles. The van der Waals surface area contributed by atoms with Crippen LogP contribution < -0.4 is 15.8 Å². The lowest BCUT2D eigenvalue weighted by Gasteiger charge is -2.09. The Bertz CT molecular complexity index is 594. The number of nitrogens with one attached hydrogen (secondary N) is 1. The van der Waals surface area contributed by atoms with Crippen molar-refractivity contribution in [2.45, 2.75) is 5.16 Å². The summed E-state index contributed by atoms with van der Waals surface area (Å²) in [6.07, 6.45) is 1.85. The molecule has 0 amide bonds. The highest BCUT2D eigenvalue weighted by molar-refractivity contribution is 7.98. The average molecular weight is 280 g/mol. The number of halogens is 1. The lowest BCUT2D eigenvalue weighted by molar-refractivity contribution is 0.386. The minimum Gasteiger partial charge on any atom is -0.494 e. The van der Waals surface area contributed by atoms with E-state index < -0.39 is 5.82 Å². The largest absolute Gasteiger partial charge is 0.494 e. The Morgan fingerprint density at radius 2 is 2.11 bits per heavy atom. The number of hydrogen-bond donors (Lipinski definition) is 2. The maximum Gasteiger partial charge on any atom is 0.191 e. The Hall–Kier alpha value is -2.02. The van der Waals surface area contributed by atoms with Crippen LogP contribution in [0.1, 0.15) is 0 Å². The Morgan fingerprint density at radius 3 is 2.74 bits per heavy atom. The molecule has 19 heavy (non-hydrogen) atoms. The summed E-state index contributed by atoms with van der Waals surface area (Å²) in [5.41, 5.74) is 6.22. The van der Waals surface area contributed by atoms with Crippen molar-refractivity contribution in [1.29, 1.82) is 0 Å². The van der Waals surface area contributed by atoms with Crippen LogP contribution in [0.15, 0.2) is 29.4 Å². The Labute approximate surface area is 114 Å². The van der Waals surface area contributed by atoms with Crippen LogP contribution in [0.2, 0.25) is 0 Å². The molecule has 0 aliphatic heterocycles. The van der Waals surface area contributed by atoms with Crippen molar-refractivity contribution in [3.05, 3.63) is 30.1 Å². The monoisotopic (exact) mass is 280 g/mol. The molecule has 0 saturated heterocycles. The zero-order chi connectivity index (χ0) is 13.8. The number of rotatable bonds is 4. The van der Waals surface area contributed by atoms with Crippen molar-refractivity contribution in [2.75, 3.05) is 24.4 Å². The van der Waals surface area contributed by atoms with Crippen LogP contribution in [0.3, 0.4) is 0 Å². The standard InChI is InChI=1S/C12H13FN4OS/c1-18-9-4-3-7(5-8(9)13)15-11-6-10(14)16-12(17-11)19-2/h3-6H,1-2H3,(H3,14,15,16,17). The summed E-state index contributed by atoms with van der Waals surface area (Å²) in [7, 11) is 1.42. The zero-order valence-corrected chi connectivity index (χ0v) is 11.3. The first kappa shape index (κ1) is 13.4. The van der Waals surface area contributed by atoms with Gasteiger partial charge in [0.2, 0.25) is 0 Å². The third-order valence-corrected chi connectivity index (χ3v) is 2.88. The van der Waals surface area contributed by atoms with E-state index in [4.69, 9.17) is 10.5 Å². The fraction of sp³-hybridized carbons (Fsp3) is 0.167. The second kappa shape index (κ2) is 5.75. The summed E-state index contributed by atoms with van der Waals surface area (Å²) in [6.45, 7) is 0. The predicted molar refractivity (Wildman–Crippen MR) is 74.5 cm³/mol.